The maximum Gasteiger partial charge on any atom is 0.254 e. The van der Waals surface area contributed by atoms with Crippen LogP contribution in [-0.4, -0.2) is 81.1 Å². The van der Waals surface area contributed by atoms with Gasteiger partial charge in [0.15, 0.2) is 0 Å². The Balaban J connectivity index is 1.26. The number of ether oxygens (including phenoxy) is 1. The summed E-state index contributed by atoms with van der Waals surface area (Å²) in [6.45, 7) is 1.90. The molecule has 5 N–H and O–H groups in total. The number of rotatable bonds is 5. The van der Waals surface area contributed by atoms with Crippen molar-refractivity contribution in [2.75, 3.05) is 13.2 Å². The molecule has 50 heavy (non-hydrogen) atoms. The zero-order valence-electron chi connectivity index (χ0n) is 27.4. The first-order valence-electron chi connectivity index (χ1n) is 16.4. The van der Waals surface area contributed by atoms with E-state index in [1.165, 1.54) is 24.3 Å². The number of fused-ring (bicyclic) bond motifs is 15. The SMILES string of the molecule is C[C@@H]1NC(=O)[C@@H](NC(=O)c2ccccc2-n2cncn2)Cc2ccc(cc2)OCCNC(=O)C2(CC2)NC(=O)[C@@H](Cc2ccccc2)NC1=O. The van der Waals surface area contributed by atoms with Gasteiger partial charge in [-0.05, 0) is 55.2 Å². The van der Waals surface area contributed by atoms with Gasteiger partial charge in [0.2, 0.25) is 23.6 Å². The second-order valence-electron chi connectivity index (χ2n) is 12.4. The van der Waals surface area contributed by atoms with Gasteiger partial charge in [-0.1, -0.05) is 54.6 Å². The predicted octanol–water partition coefficient (Wildman–Crippen LogP) is 0.998. The minimum Gasteiger partial charge on any atom is -0.492 e. The highest BCUT2D eigenvalue weighted by molar-refractivity contribution is 6.01. The molecule has 3 heterocycles. The van der Waals surface area contributed by atoms with Crippen molar-refractivity contribution in [1.29, 1.82) is 0 Å². The molecule has 2 aliphatic heterocycles. The van der Waals surface area contributed by atoms with Crippen molar-refractivity contribution < 1.29 is 28.7 Å². The van der Waals surface area contributed by atoms with Gasteiger partial charge < -0.3 is 31.3 Å². The summed E-state index contributed by atoms with van der Waals surface area (Å²) in [5, 5.41) is 18.1. The van der Waals surface area contributed by atoms with Crippen LogP contribution in [0.4, 0.5) is 0 Å². The van der Waals surface area contributed by atoms with E-state index < -0.39 is 47.3 Å². The summed E-state index contributed by atoms with van der Waals surface area (Å²) < 4.78 is 7.27. The second-order valence-corrected chi connectivity index (χ2v) is 12.4. The Bertz CT molecular complexity index is 1840. The number of hydrogen-bond acceptors (Lipinski definition) is 8. The lowest BCUT2D eigenvalue weighted by Gasteiger charge is -2.26. The Morgan fingerprint density at radius 3 is 2.38 bits per heavy atom. The van der Waals surface area contributed by atoms with Crippen molar-refractivity contribution in [2.45, 2.75) is 56.3 Å². The van der Waals surface area contributed by atoms with E-state index in [2.05, 4.69) is 36.7 Å². The minimum atomic E-state index is -1.09. The Morgan fingerprint density at radius 1 is 0.920 bits per heavy atom. The van der Waals surface area contributed by atoms with Gasteiger partial charge in [-0.25, -0.2) is 9.67 Å². The largest absolute Gasteiger partial charge is 0.492 e. The number of amides is 5. The number of carbonyl (C=O) groups is 5. The normalized spacial score (nSPS) is 21.2. The maximum atomic E-state index is 13.8. The number of nitrogens with one attached hydrogen (secondary N) is 5. The number of nitrogens with zero attached hydrogens (tertiary/aromatic N) is 3. The Morgan fingerprint density at radius 2 is 1.66 bits per heavy atom. The molecule has 3 aliphatic rings. The third-order valence-corrected chi connectivity index (χ3v) is 8.67. The third kappa shape index (κ3) is 8.14. The molecule has 2 bridgehead atoms. The summed E-state index contributed by atoms with van der Waals surface area (Å²) in [6.07, 6.45) is 3.99. The number of aromatic nitrogens is 3. The summed E-state index contributed by atoms with van der Waals surface area (Å²) >= 11 is 0. The van der Waals surface area contributed by atoms with E-state index in [4.69, 9.17) is 4.74 Å². The molecule has 0 saturated heterocycles. The molecular weight excluding hydrogens is 640 g/mol. The van der Waals surface area contributed by atoms with Gasteiger partial charge in [0.05, 0.1) is 17.8 Å². The lowest BCUT2D eigenvalue weighted by Crippen LogP contribution is -2.59. The van der Waals surface area contributed by atoms with Gasteiger partial charge >= 0.3 is 0 Å². The molecule has 4 aromatic rings. The number of carbonyl (C=O) groups excluding carboxylic acids is 5. The first-order valence-corrected chi connectivity index (χ1v) is 16.4. The third-order valence-electron chi connectivity index (χ3n) is 8.67. The van der Waals surface area contributed by atoms with Crippen LogP contribution in [-0.2, 0) is 32.0 Å². The van der Waals surface area contributed by atoms with Crippen molar-refractivity contribution in [3.05, 3.63) is 108 Å². The van der Waals surface area contributed by atoms with Gasteiger partial charge in [-0.2, -0.15) is 5.10 Å². The van der Waals surface area contributed by atoms with Crippen LogP contribution in [0.5, 0.6) is 5.75 Å². The molecule has 5 amide bonds. The molecule has 0 unspecified atom stereocenters. The minimum absolute atomic E-state index is 0.0921. The summed E-state index contributed by atoms with van der Waals surface area (Å²) in [5.41, 5.74) is 1.18. The van der Waals surface area contributed by atoms with E-state index in [-0.39, 0.29) is 37.5 Å². The maximum absolute atomic E-state index is 13.8. The highest BCUT2D eigenvalue weighted by atomic mass is 16.5. The molecule has 1 aromatic heterocycles. The van der Waals surface area contributed by atoms with Gasteiger partial charge in [0.25, 0.3) is 5.91 Å². The van der Waals surface area contributed by atoms with Gasteiger partial charge in [-0.15, -0.1) is 0 Å². The standard InChI is InChI=1S/C36H38N8O6/c1-23-31(45)41-29(19-24-7-3-2-4-8-24)34(48)43-36(15-16-36)35(49)38-17-18-50-26-13-11-25(12-14-26)20-28(33(47)40-23)42-32(46)27-9-5-6-10-30(27)44-22-37-21-39-44/h2-14,21-23,28-29H,15-20H2,1H3,(H,38,49)(H,40,47)(H,41,45)(H,42,46)(H,43,48)/t23-,28-,29+/m0/s1. The molecule has 1 fully saturated rings. The van der Waals surface area contributed by atoms with Crippen LogP contribution in [0.25, 0.3) is 5.69 Å². The van der Waals surface area contributed by atoms with Crippen LogP contribution in [0, 0.1) is 0 Å². The lowest BCUT2D eigenvalue weighted by molar-refractivity contribution is -0.134. The van der Waals surface area contributed by atoms with E-state index in [1.807, 2.05) is 30.3 Å². The fraction of sp³-hybridized carbons (Fsp3) is 0.306. The molecular formula is C36H38N8O6. The molecule has 1 spiro atoms. The lowest BCUT2D eigenvalue weighted by atomic mass is 10.0. The first kappa shape index (κ1) is 33.8. The van der Waals surface area contributed by atoms with Crippen molar-refractivity contribution in [1.82, 2.24) is 41.3 Å². The average molecular weight is 679 g/mol. The molecule has 1 saturated carbocycles. The zero-order valence-corrected chi connectivity index (χ0v) is 27.4. The van der Waals surface area contributed by atoms with Crippen molar-refractivity contribution >= 4 is 29.5 Å². The zero-order chi connectivity index (χ0) is 35.1. The molecule has 3 atom stereocenters. The Hall–Kier alpha value is -6.05. The van der Waals surface area contributed by atoms with Gasteiger partial charge in [0.1, 0.15) is 48.7 Å². The summed E-state index contributed by atoms with van der Waals surface area (Å²) in [6, 6.07) is 19.8. The van der Waals surface area contributed by atoms with Crippen LogP contribution in [0.1, 0.15) is 41.3 Å². The van der Waals surface area contributed by atoms with Crippen molar-refractivity contribution in [2.24, 2.45) is 0 Å². The fourth-order valence-corrected chi connectivity index (χ4v) is 5.70. The Labute approximate surface area is 288 Å². The number of hydrogen-bond donors (Lipinski definition) is 5. The highest BCUT2D eigenvalue weighted by Crippen LogP contribution is 2.35. The van der Waals surface area contributed by atoms with Gasteiger partial charge in [-0.3, -0.25) is 24.0 Å². The molecule has 258 valence electrons. The Kier molecular flexibility index (Phi) is 10.2. The molecule has 3 aromatic carbocycles. The second kappa shape index (κ2) is 15.0. The van der Waals surface area contributed by atoms with Crippen LogP contribution in [0.2, 0.25) is 0 Å². The van der Waals surface area contributed by atoms with Crippen LogP contribution >= 0.6 is 0 Å². The van der Waals surface area contributed by atoms with Crippen molar-refractivity contribution in [3.63, 3.8) is 0 Å². The fourth-order valence-electron chi connectivity index (χ4n) is 5.70. The van der Waals surface area contributed by atoms with E-state index in [9.17, 15) is 24.0 Å². The molecule has 0 radical (unpaired) electrons. The van der Waals surface area contributed by atoms with E-state index in [0.717, 1.165) is 11.1 Å². The summed E-state index contributed by atoms with van der Waals surface area (Å²) in [5.74, 6) is -2.03. The smallest absolute Gasteiger partial charge is 0.254 e. The van der Waals surface area contributed by atoms with Crippen LogP contribution < -0.4 is 31.3 Å². The van der Waals surface area contributed by atoms with E-state index in [0.29, 0.717) is 24.3 Å². The monoisotopic (exact) mass is 678 g/mol. The predicted molar refractivity (Wildman–Crippen MR) is 181 cm³/mol. The first-order chi connectivity index (χ1) is 24.2. The average Bonchev–Trinajstić information content (AvgIpc) is 3.70. The van der Waals surface area contributed by atoms with Crippen LogP contribution in [0.15, 0.2) is 91.5 Å². The van der Waals surface area contributed by atoms with Crippen LogP contribution in [0.3, 0.4) is 0 Å². The highest BCUT2D eigenvalue weighted by Gasteiger charge is 2.51. The molecule has 7 rings (SSSR count). The summed E-state index contributed by atoms with van der Waals surface area (Å²) in [7, 11) is 0. The molecule has 14 heteroatoms. The summed E-state index contributed by atoms with van der Waals surface area (Å²) in [4.78, 5) is 71.7. The number of benzene rings is 3. The van der Waals surface area contributed by atoms with Crippen molar-refractivity contribution in [3.8, 4) is 11.4 Å². The molecule has 1 aliphatic carbocycles. The van der Waals surface area contributed by atoms with E-state index >= 15 is 0 Å². The topological polar surface area (TPSA) is 185 Å². The number of para-hydroxylation sites is 1. The van der Waals surface area contributed by atoms with Gasteiger partial charge in [0, 0.05) is 12.8 Å². The molecule has 14 nitrogen and oxygen atoms in total. The quantitative estimate of drug-likeness (QED) is 0.194. The van der Waals surface area contributed by atoms with E-state index in [1.54, 1.807) is 48.5 Å².